The molecule has 4 nitrogen and oxygen atoms in total. The number of rotatable bonds is 3. The van der Waals surface area contributed by atoms with Crippen LogP contribution in [0, 0.1) is 5.92 Å². The van der Waals surface area contributed by atoms with Gasteiger partial charge in [0.15, 0.2) is 0 Å². The van der Waals surface area contributed by atoms with Crippen LogP contribution < -0.4 is 0 Å². The number of aromatic amines is 1. The molecule has 16 heavy (non-hydrogen) atoms. The largest absolute Gasteiger partial charge is 0.339 e. The highest BCUT2D eigenvalue weighted by Gasteiger charge is 2.23. The Morgan fingerprint density at radius 3 is 2.88 bits per heavy atom. The molecule has 0 radical (unpaired) electrons. The van der Waals surface area contributed by atoms with Crippen LogP contribution in [0.3, 0.4) is 0 Å². The Balaban J connectivity index is 1.87. The highest BCUT2D eigenvalue weighted by Crippen LogP contribution is 2.22. The molecular weight excluding hydrogens is 202 g/mol. The lowest BCUT2D eigenvalue weighted by Gasteiger charge is -2.31. The first-order valence-corrected chi connectivity index (χ1v) is 6.09. The molecule has 1 fully saturated rings. The monoisotopic (exact) mass is 221 g/mol. The molecule has 1 aliphatic rings. The first-order chi connectivity index (χ1) is 7.81. The van der Waals surface area contributed by atoms with Crippen molar-refractivity contribution in [3.05, 3.63) is 18.0 Å². The summed E-state index contributed by atoms with van der Waals surface area (Å²) in [7, 11) is 0. The zero-order valence-corrected chi connectivity index (χ0v) is 9.78. The van der Waals surface area contributed by atoms with E-state index in [4.69, 9.17) is 0 Å². The minimum absolute atomic E-state index is 0.115. The number of hydrogen-bond donors (Lipinski definition) is 1. The summed E-state index contributed by atoms with van der Waals surface area (Å²) in [6.07, 6.45) is 8.11. The van der Waals surface area contributed by atoms with Gasteiger partial charge in [-0.1, -0.05) is 19.8 Å². The van der Waals surface area contributed by atoms with E-state index in [1.807, 2.05) is 4.90 Å². The summed E-state index contributed by atoms with van der Waals surface area (Å²) in [6, 6.07) is 0. The first kappa shape index (κ1) is 11.2. The molecule has 2 rings (SSSR count). The van der Waals surface area contributed by atoms with Crippen molar-refractivity contribution in [1.29, 1.82) is 0 Å². The molecular formula is C12H19N3O. The van der Waals surface area contributed by atoms with Crippen molar-refractivity contribution >= 4 is 5.91 Å². The van der Waals surface area contributed by atoms with Crippen LogP contribution in [0.4, 0.5) is 0 Å². The van der Waals surface area contributed by atoms with Gasteiger partial charge in [0.05, 0.1) is 11.8 Å². The van der Waals surface area contributed by atoms with Crippen molar-refractivity contribution in [2.75, 3.05) is 13.1 Å². The zero-order valence-electron chi connectivity index (χ0n) is 9.78. The van der Waals surface area contributed by atoms with Crippen LogP contribution in [0.2, 0.25) is 0 Å². The van der Waals surface area contributed by atoms with E-state index in [9.17, 15) is 4.79 Å². The summed E-state index contributed by atoms with van der Waals surface area (Å²) in [5.41, 5.74) is 0.675. The van der Waals surface area contributed by atoms with Crippen molar-refractivity contribution in [3.63, 3.8) is 0 Å². The molecule has 0 unspecified atom stereocenters. The molecule has 0 atom stereocenters. The van der Waals surface area contributed by atoms with Gasteiger partial charge in [0.2, 0.25) is 0 Å². The van der Waals surface area contributed by atoms with Crippen LogP contribution in [0.5, 0.6) is 0 Å². The Labute approximate surface area is 96.0 Å². The highest BCUT2D eigenvalue weighted by molar-refractivity contribution is 5.93. The second kappa shape index (κ2) is 5.14. The number of hydrogen-bond acceptors (Lipinski definition) is 2. The summed E-state index contributed by atoms with van der Waals surface area (Å²) >= 11 is 0. The third-order valence-corrected chi connectivity index (χ3v) is 3.34. The van der Waals surface area contributed by atoms with Crippen LogP contribution >= 0.6 is 0 Å². The second-order valence-electron chi connectivity index (χ2n) is 4.51. The Kier molecular flexibility index (Phi) is 3.59. The molecule has 4 heteroatoms. The van der Waals surface area contributed by atoms with Gasteiger partial charge in [0, 0.05) is 19.3 Å². The minimum Gasteiger partial charge on any atom is -0.339 e. The van der Waals surface area contributed by atoms with Crippen molar-refractivity contribution in [1.82, 2.24) is 15.1 Å². The molecule has 1 N–H and O–H groups in total. The van der Waals surface area contributed by atoms with Gasteiger partial charge in [-0.15, -0.1) is 0 Å². The number of carbonyl (C=O) groups is 1. The Morgan fingerprint density at radius 1 is 1.56 bits per heavy atom. The van der Waals surface area contributed by atoms with Crippen molar-refractivity contribution in [2.45, 2.75) is 32.6 Å². The van der Waals surface area contributed by atoms with Crippen LogP contribution in [0.25, 0.3) is 0 Å². The van der Waals surface area contributed by atoms with E-state index in [1.165, 1.54) is 12.8 Å². The number of likely N-dealkylation sites (tertiary alicyclic amines) is 1. The number of piperidine rings is 1. The highest BCUT2D eigenvalue weighted by atomic mass is 16.2. The fourth-order valence-electron chi connectivity index (χ4n) is 2.38. The van der Waals surface area contributed by atoms with Crippen LogP contribution in [-0.4, -0.2) is 34.1 Å². The third kappa shape index (κ3) is 2.43. The molecule has 0 bridgehead atoms. The predicted octanol–water partition coefficient (Wildman–Crippen LogP) is 2.06. The molecule has 1 saturated heterocycles. The lowest BCUT2D eigenvalue weighted by Crippen LogP contribution is -2.38. The van der Waals surface area contributed by atoms with Crippen LogP contribution in [-0.2, 0) is 0 Å². The summed E-state index contributed by atoms with van der Waals surface area (Å²) in [6.45, 7) is 4.02. The quantitative estimate of drug-likeness (QED) is 0.849. The van der Waals surface area contributed by atoms with E-state index >= 15 is 0 Å². The Bertz CT molecular complexity index is 326. The maximum Gasteiger partial charge on any atom is 0.257 e. The van der Waals surface area contributed by atoms with Crippen molar-refractivity contribution in [2.24, 2.45) is 5.92 Å². The number of nitrogens with one attached hydrogen (secondary N) is 1. The minimum atomic E-state index is 0.115. The number of aromatic nitrogens is 2. The summed E-state index contributed by atoms with van der Waals surface area (Å²) in [4.78, 5) is 13.9. The van der Waals surface area contributed by atoms with Crippen molar-refractivity contribution in [3.8, 4) is 0 Å². The summed E-state index contributed by atoms with van der Waals surface area (Å²) in [5.74, 6) is 0.932. The molecule has 1 aromatic rings. The lowest BCUT2D eigenvalue weighted by molar-refractivity contribution is 0.0686. The van der Waals surface area contributed by atoms with E-state index in [0.717, 1.165) is 31.8 Å². The first-order valence-electron chi connectivity index (χ1n) is 6.09. The number of nitrogens with zero attached hydrogens (tertiary/aromatic N) is 2. The van der Waals surface area contributed by atoms with E-state index in [1.54, 1.807) is 12.4 Å². The van der Waals surface area contributed by atoms with Gasteiger partial charge < -0.3 is 4.90 Å². The fraction of sp³-hybridized carbons (Fsp3) is 0.667. The van der Waals surface area contributed by atoms with Crippen LogP contribution in [0.15, 0.2) is 12.4 Å². The van der Waals surface area contributed by atoms with E-state index in [0.29, 0.717) is 5.56 Å². The number of amides is 1. The van der Waals surface area contributed by atoms with E-state index in [2.05, 4.69) is 17.1 Å². The maximum absolute atomic E-state index is 12.0. The van der Waals surface area contributed by atoms with Crippen LogP contribution in [0.1, 0.15) is 43.0 Å². The van der Waals surface area contributed by atoms with Crippen molar-refractivity contribution < 1.29 is 4.79 Å². The smallest absolute Gasteiger partial charge is 0.257 e. The van der Waals surface area contributed by atoms with Gasteiger partial charge in [-0.2, -0.15) is 5.10 Å². The molecule has 1 amide bonds. The summed E-state index contributed by atoms with van der Waals surface area (Å²) < 4.78 is 0. The standard InChI is InChI=1S/C12H19N3O/c1-2-3-10-4-6-15(7-5-10)12(16)11-8-13-14-9-11/h8-10H,2-7H2,1H3,(H,13,14). The van der Waals surface area contributed by atoms with Gasteiger partial charge >= 0.3 is 0 Å². The molecule has 0 aromatic carbocycles. The van der Waals surface area contributed by atoms with Gasteiger partial charge in [-0.25, -0.2) is 0 Å². The topological polar surface area (TPSA) is 49.0 Å². The fourth-order valence-corrected chi connectivity index (χ4v) is 2.38. The predicted molar refractivity (Wildman–Crippen MR) is 62.1 cm³/mol. The second-order valence-corrected chi connectivity index (χ2v) is 4.51. The lowest BCUT2D eigenvalue weighted by atomic mass is 9.92. The Morgan fingerprint density at radius 2 is 2.31 bits per heavy atom. The number of H-pyrrole nitrogens is 1. The molecule has 0 spiro atoms. The molecule has 1 aliphatic heterocycles. The summed E-state index contributed by atoms with van der Waals surface area (Å²) in [5, 5.41) is 6.49. The van der Waals surface area contributed by atoms with Gasteiger partial charge in [-0.05, 0) is 18.8 Å². The average Bonchev–Trinajstić information content (AvgIpc) is 2.83. The Hall–Kier alpha value is -1.32. The molecule has 88 valence electrons. The SMILES string of the molecule is CCCC1CCN(C(=O)c2cn[nH]c2)CC1. The number of carbonyl (C=O) groups excluding carboxylic acids is 1. The van der Waals surface area contributed by atoms with Gasteiger partial charge in [0.1, 0.15) is 0 Å². The molecule has 1 aromatic heterocycles. The average molecular weight is 221 g/mol. The molecule has 2 heterocycles. The molecule has 0 saturated carbocycles. The van der Waals surface area contributed by atoms with Gasteiger partial charge in [-0.3, -0.25) is 9.89 Å². The third-order valence-electron chi connectivity index (χ3n) is 3.34. The van der Waals surface area contributed by atoms with Gasteiger partial charge in [0.25, 0.3) is 5.91 Å². The maximum atomic E-state index is 12.0. The van der Waals surface area contributed by atoms with E-state index < -0.39 is 0 Å². The molecule has 0 aliphatic carbocycles. The zero-order chi connectivity index (χ0) is 11.4. The van der Waals surface area contributed by atoms with E-state index in [-0.39, 0.29) is 5.91 Å². The normalized spacial score (nSPS) is 17.7.